The van der Waals surface area contributed by atoms with Gasteiger partial charge in [0, 0.05) is 18.9 Å². The molecule has 1 fully saturated rings. The molecule has 1 atom stereocenters. The molecular weight excluding hydrogens is 454 g/mol. The maximum Gasteiger partial charge on any atom is 0.253 e. The number of carbonyl (C=O) groups is 1. The van der Waals surface area contributed by atoms with E-state index in [-0.39, 0.29) is 17.7 Å². The van der Waals surface area contributed by atoms with E-state index in [0.717, 1.165) is 40.2 Å². The molecular formula is C24H27N5O2S2. The molecule has 1 amide bonds. The summed E-state index contributed by atoms with van der Waals surface area (Å²) in [6.07, 6.45) is 10.2. The number of carbonyl (C=O) groups excluding carboxylic acids is 1. The van der Waals surface area contributed by atoms with Crippen molar-refractivity contribution in [1.29, 1.82) is 0 Å². The Morgan fingerprint density at radius 1 is 1.24 bits per heavy atom. The van der Waals surface area contributed by atoms with Crippen molar-refractivity contribution in [2.24, 2.45) is 5.10 Å². The van der Waals surface area contributed by atoms with Crippen molar-refractivity contribution in [3.8, 4) is 0 Å². The predicted molar refractivity (Wildman–Crippen MR) is 131 cm³/mol. The third-order valence-electron chi connectivity index (χ3n) is 6.20. The van der Waals surface area contributed by atoms with Crippen molar-refractivity contribution >= 4 is 34.7 Å². The summed E-state index contributed by atoms with van der Waals surface area (Å²) in [5, 5.41) is 18.0. The largest absolute Gasteiger partial charge is 0.467 e. The number of hydrogen-bond acceptors (Lipinski definition) is 7. The Morgan fingerprint density at radius 3 is 2.85 bits per heavy atom. The summed E-state index contributed by atoms with van der Waals surface area (Å²) >= 11 is 3.05. The van der Waals surface area contributed by atoms with Gasteiger partial charge in [0.05, 0.1) is 22.6 Å². The van der Waals surface area contributed by atoms with Crippen LogP contribution in [0.1, 0.15) is 66.9 Å². The molecule has 0 saturated heterocycles. The smallest absolute Gasteiger partial charge is 0.253 e. The molecule has 3 aromatic rings. The number of nitrogens with zero attached hydrogens (tertiary/aromatic N) is 5. The molecule has 0 N–H and O–H groups in total. The van der Waals surface area contributed by atoms with Crippen LogP contribution in [-0.2, 0) is 11.3 Å². The Labute approximate surface area is 201 Å². The Morgan fingerprint density at radius 2 is 2.12 bits per heavy atom. The number of rotatable bonds is 8. The Bertz CT molecular complexity index is 1110. The topological polar surface area (TPSA) is 76.5 Å². The number of allylic oxidation sites excluding steroid dienone is 1. The fraction of sp³-hybridized carbons (Fsp3) is 0.417. The maximum absolute atomic E-state index is 13.3. The Kier molecular flexibility index (Phi) is 6.78. The molecule has 1 aliphatic carbocycles. The average Bonchev–Trinajstić information content (AvgIpc) is 3.64. The average molecular weight is 482 g/mol. The number of aromatic nitrogens is 3. The maximum atomic E-state index is 13.3. The van der Waals surface area contributed by atoms with Gasteiger partial charge in [0.15, 0.2) is 5.16 Å². The molecule has 1 aliphatic heterocycles. The van der Waals surface area contributed by atoms with Crippen molar-refractivity contribution in [3.63, 3.8) is 0 Å². The molecule has 3 aromatic heterocycles. The van der Waals surface area contributed by atoms with Gasteiger partial charge in [-0.15, -0.1) is 28.1 Å². The molecule has 9 heteroatoms. The van der Waals surface area contributed by atoms with Crippen LogP contribution < -0.4 is 0 Å². The summed E-state index contributed by atoms with van der Waals surface area (Å²) < 4.78 is 7.76. The van der Waals surface area contributed by atoms with Crippen molar-refractivity contribution < 1.29 is 9.21 Å². The highest BCUT2D eigenvalue weighted by Crippen LogP contribution is 2.36. The molecule has 2 aliphatic rings. The van der Waals surface area contributed by atoms with Gasteiger partial charge < -0.3 is 8.98 Å². The number of hydrazone groups is 1. The highest BCUT2D eigenvalue weighted by Gasteiger charge is 2.35. The zero-order chi connectivity index (χ0) is 22.6. The fourth-order valence-corrected chi connectivity index (χ4v) is 6.13. The van der Waals surface area contributed by atoms with Gasteiger partial charge in [-0.3, -0.25) is 4.79 Å². The minimum Gasteiger partial charge on any atom is -0.467 e. The van der Waals surface area contributed by atoms with E-state index in [0.29, 0.717) is 18.9 Å². The zero-order valence-electron chi connectivity index (χ0n) is 18.4. The van der Waals surface area contributed by atoms with Gasteiger partial charge >= 0.3 is 0 Å². The van der Waals surface area contributed by atoms with E-state index < -0.39 is 0 Å². The molecule has 5 rings (SSSR count). The van der Waals surface area contributed by atoms with Gasteiger partial charge in [-0.2, -0.15) is 5.10 Å². The lowest BCUT2D eigenvalue weighted by Crippen LogP contribution is -2.28. The van der Waals surface area contributed by atoms with Crippen LogP contribution in [0.25, 0.3) is 0 Å². The van der Waals surface area contributed by atoms with Gasteiger partial charge in [-0.05, 0) is 36.4 Å². The second-order valence-corrected chi connectivity index (χ2v) is 10.3. The van der Waals surface area contributed by atoms with E-state index in [4.69, 9.17) is 9.52 Å². The number of thiophene rings is 1. The van der Waals surface area contributed by atoms with E-state index >= 15 is 0 Å². The molecule has 33 heavy (non-hydrogen) atoms. The summed E-state index contributed by atoms with van der Waals surface area (Å²) in [5.74, 6) is 2.38. The third kappa shape index (κ3) is 4.70. The van der Waals surface area contributed by atoms with Crippen LogP contribution in [-0.4, -0.2) is 37.1 Å². The lowest BCUT2D eigenvalue weighted by molar-refractivity contribution is -0.130. The van der Waals surface area contributed by atoms with E-state index in [1.807, 2.05) is 35.7 Å². The summed E-state index contributed by atoms with van der Waals surface area (Å²) in [4.78, 5) is 14.4. The molecule has 0 radical (unpaired) electrons. The molecule has 172 valence electrons. The second-order valence-electron chi connectivity index (χ2n) is 8.36. The monoisotopic (exact) mass is 481 g/mol. The minimum absolute atomic E-state index is 0.0691. The lowest BCUT2D eigenvalue weighted by Gasteiger charge is -2.21. The van der Waals surface area contributed by atoms with Crippen LogP contribution in [0.15, 0.2) is 63.2 Å². The fourth-order valence-electron chi connectivity index (χ4n) is 4.60. The first-order chi connectivity index (χ1) is 16.2. The van der Waals surface area contributed by atoms with E-state index in [9.17, 15) is 4.79 Å². The molecule has 1 unspecified atom stereocenters. The quantitative estimate of drug-likeness (QED) is 0.308. The summed E-state index contributed by atoms with van der Waals surface area (Å²) in [6.45, 7) is 4.55. The number of hydrogen-bond donors (Lipinski definition) is 0. The number of amides is 1. The summed E-state index contributed by atoms with van der Waals surface area (Å²) in [5.41, 5.74) is 0.916. The number of furan rings is 1. The van der Waals surface area contributed by atoms with Crippen LogP contribution in [0.4, 0.5) is 0 Å². The van der Waals surface area contributed by atoms with Crippen LogP contribution in [0, 0.1) is 0 Å². The van der Waals surface area contributed by atoms with Crippen molar-refractivity contribution in [1.82, 2.24) is 19.8 Å². The van der Waals surface area contributed by atoms with Crippen LogP contribution in [0.2, 0.25) is 0 Å². The third-order valence-corrected chi connectivity index (χ3v) is 8.07. The van der Waals surface area contributed by atoms with Crippen LogP contribution >= 0.6 is 23.1 Å². The second kappa shape index (κ2) is 10.1. The lowest BCUT2D eigenvalue weighted by atomic mass is 9.89. The van der Waals surface area contributed by atoms with Crippen molar-refractivity contribution in [2.75, 3.05) is 5.75 Å². The van der Waals surface area contributed by atoms with E-state index in [1.165, 1.54) is 31.0 Å². The van der Waals surface area contributed by atoms with Gasteiger partial charge in [-0.25, -0.2) is 5.01 Å². The van der Waals surface area contributed by atoms with Gasteiger partial charge in [-0.1, -0.05) is 43.2 Å². The van der Waals surface area contributed by atoms with Crippen molar-refractivity contribution in [2.45, 2.75) is 62.2 Å². The predicted octanol–water partition coefficient (Wildman–Crippen LogP) is 5.64. The standard InChI is InChI=1S/C24H27N5O2S2/c1-2-12-28-23(17-8-4-3-5-9-17)25-26-24(28)33-16-22(30)29-19(20-10-6-13-31-20)15-18(27-29)21-11-7-14-32-21/h2,6-7,10-11,13-14,17,19H,1,3-5,8-9,12,15-16H2. The Balaban J connectivity index is 1.33. The molecule has 1 saturated carbocycles. The highest BCUT2D eigenvalue weighted by atomic mass is 32.2. The minimum atomic E-state index is -0.228. The first kappa shape index (κ1) is 22.2. The SMILES string of the molecule is C=CCn1c(SCC(=O)N2N=C(c3cccs3)CC2c2ccco2)nnc1C1CCCCC1. The Hall–Kier alpha value is -2.65. The molecule has 0 spiro atoms. The van der Waals surface area contributed by atoms with Gasteiger partial charge in [0.1, 0.15) is 17.6 Å². The molecule has 4 heterocycles. The number of thioether (sulfide) groups is 1. The van der Waals surface area contributed by atoms with Crippen molar-refractivity contribution in [3.05, 3.63) is 65.0 Å². The first-order valence-electron chi connectivity index (χ1n) is 11.4. The van der Waals surface area contributed by atoms with E-state index in [2.05, 4.69) is 21.3 Å². The molecule has 0 bridgehead atoms. The highest BCUT2D eigenvalue weighted by molar-refractivity contribution is 7.99. The van der Waals surface area contributed by atoms with Crippen LogP contribution in [0.3, 0.4) is 0 Å². The normalized spacial score (nSPS) is 19.1. The molecule has 0 aromatic carbocycles. The zero-order valence-corrected chi connectivity index (χ0v) is 20.1. The van der Waals surface area contributed by atoms with Gasteiger partial charge in [0.25, 0.3) is 5.91 Å². The summed E-state index contributed by atoms with van der Waals surface area (Å²) in [6, 6.07) is 7.56. The molecule has 7 nitrogen and oxygen atoms in total. The van der Waals surface area contributed by atoms with E-state index in [1.54, 1.807) is 22.6 Å². The van der Waals surface area contributed by atoms with Gasteiger partial charge in [0.2, 0.25) is 0 Å². The first-order valence-corrected chi connectivity index (χ1v) is 13.2. The van der Waals surface area contributed by atoms with Crippen LogP contribution in [0.5, 0.6) is 0 Å². The summed E-state index contributed by atoms with van der Waals surface area (Å²) in [7, 11) is 0.